The fraction of sp³-hybridized carbons (Fsp3) is 0.235. The van der Waals surface area contributed by atoms with Gasteiger partial charge in [-0.3, -0.25) is 14.6 Å². The zero-order chi connectivity index (χ0) is 17.2. The minimum absolute atomic E-state index is 0.118. The second-order valence-electron chi connectivity index (χ2n) is 4.91. The molecule has 0 fully saturated rings. The number of ether oxygens (including phenoxy) is 1. The predicted octanol–water partition coefficient (Wildman–Crippen LogP) is 2.05. The zero-order valence-corrected chi connectivity index (χ0v) is 13.8. The van der Waals surface area contributed by atoms with Crippen LogP contribution in [-0.4, -0.2) is 36.5 Å². The number of hydrogen-bond acceptors (Lipinski definition) is 4. The molecule has 0 saturated carbocycles. The quantitative estimate of drug-likeness (QED) is 0.716. The largest absolute Gasteiger partial charge is 0.494 e. The van der Waals surface area contributed by atoms with E-state index in [2.05, 4.69) is 15.6 Å². The molecule has 2 amide bonds. The molecule has 2 N–H and O–H groups in total. The summed E-state index contributed by atoms with van der Waals surface area (Å²) in [5.41, 5.74) is 0.173. The van der Waals surface area contributed by atoms with Gasteiger partial charge in [-0.25, -0.2) is 0 Å². The average molecular weight is 348 g/mol. The Kier molecular flexibility index (Phi) is 7.04. The van der Waals surface area contributed by atoms with Gasteiger partial charge in [0, 0.05) is 17.8 Å². The van der Waals surface area contributed by atoms with Crippen LogP contribution < -0.4 is 15.4 Å². The number of amides is 2. The first-order valence-corrected chi connectivity index (χ1v) is 7.87. The third-order valence-electron chi connectivity index (χ3n) is 3.02. The van der Waals surface area contributed by atoms with Gasteiger partial charge in [0.05, 0.1) is 13.2 Å². The first kappa shape index (κ1) is 17.7. The molecule has 1 aromatic carbocycles. The third kappa shape index (κ3) is 6.26. The van der Waals surface area contributed by atoms with E-state index >= 15 is 0 Å². The number of carbonyl (C=O) groups is 2. The molecule has 0 aliphatic rings. The Hall–Kier alpha value is -2.60. The molecular formula is C17H18ClN3O3. The van der Waals surface area contributed by atoms with Gasteiger partial charge in [-0.1, -0.05) is 29.8 Å². The molecule has 24 heavy (non-hydrogen) atoms. The Morgan fingerprint density at radius 3 is 2.67 bits per heavy atom. The van der Waals surface area contributed by atoms with E-state index < -0.39 is 5.91 Å². The Morgan fingerprint density at radius 1 is 1.12 bits per heavy atom. The number of para-hydroxylation sites is 1. The van der Waals surface area contributed by atoms with Crippen LogP contribution in [-0.2, 0) is 4.79 Å². The number of rotatable bonds is 8. The third-order valence-corrected chi connectivity index (χ3v) is 3.25. The highest BCUT2D eigenvalue weighted by Gasteiger charge is 2.09. The molecule has 2 rings (SSSR count). The topological polar surface area (TPSA) is 80.3 Å². The van der Waals surface area contributed by atoms with Gasteiger partial charge < -0.3 is 15.4 Å². The summed E-state index contributed by atoms with van der Waals surface area (Å²) in [5.74, 6) is 0.0789. The Morgan fingerprint density at radius 2 is 1.92 bits per heavy atom. The molecule has 2 aromatic rings. The maximum atomic E-state index is 11.8. The van der Waals surface area contributed by atoms with Crippen LogP contribution in [0.5, 0.6) is 5.75 Å². The van der Waals surface area contributed by atoms with Crippen molar-refractivity contribution in [1.82, 2.24) is 15.6 Å². The highest BCUT2D eigenvalue weighted by molar-refractivity contribution is 6.30. The smallest absolute Gasteiger partial charge is 0.270 e. The predicted molar refractivity (Wildman–Crippen MR) is 91.1 cm³/mol. The zero-order valence-electron chi connectivity index (χ0n) is 13.0. The minimum Gasteiger partial charge on any atom is -0.494 e. The summed E-state index contributed by atoms with van der Waals surface area (Å²) in [5, 5.41) is 5.61. The molecule has 0 aliphatic heterocycles. The fourth-order valence-corrected chi connectivity index (χ4v) is 2.01. The first-order valence-electron chi connectivity index (χ1n) is 7.49. The molecule has 6 nitrogen and oxygen atoms in total. The van der Waals surface area contributed by atoms with Gasteiger partial charge in [0.15, 0.2) is 0 Å². The molecule has 0 aliphatic carbocycles. The van der Waals surface area contributed by atoms with E-state index in [0.29, 0.717) is 24.6 Å². The van der Waals surface area contributed by atoms with E-state index in [1.165, 1.54) is 12.3 Å². The van der Waals surface area contributed by atoms with Crippen molar-refractivity contribution in [3.05, 3.63) is 59.4 Å². The van der Waals surface area contributed by atoms with Gasteiger partial charge in [-0.2, -0.15) is 0 Å². The van der Waals surface area contributed by atoms with Crippen molar-refractivity contribution in [2.24, 2.45) is 0 Å². The van der Waals surface area contributed by atoms with Gasteiger partial charge in [0.25, 0.3) is 5.91 Å². The molecule has 0 unspecified atom stereocenters. The van der Waals surface area contributed by atoms with Crippen LogP contribution in [0.25, 0.3) is 0 Å². The van der Waals surface area contributed by atoms with Crippen LogP contribution in [0.2, 0.25) is 5.02 Å². The summed E-state index contributed by atoms with van der Waals surface area (Å²) in [6.45, 7) is 0.854. The number of benzene rings is 1. The van der Waals surface area contributed by atoms with Crippen molar-refractivity contribution in [1.29, 1.82) is 0 Å². The van der Waals surface area contributed by atoms with Gasteiger partial charge in [0.1, 0.15) is 11.4 Å². The van der Waals surface area contributed by atoms with Crippen molar-refractivity contribution in [3.8, 4) is 5.75 Å². The van der Waals surface area contributed by atoms with Gasteiger partial charge in [-0.15, -0.1) is 0 Å². The molecule has 0 atom stereocenters. The maximum absolute atomic E-state index is 11.8. The lowest BCUT2D eigenvalue weighted by molar-refractivity contribution is -0.120. The van der Waals surface area contributed by atoms with E-state index in [1.54, 1.807) is 6.07 Å². The number of pyridine rings is 1. The fourth-order valence-electron chi connectivity index (χ4n) is 1.85. The molecule has 0 bridgehead atoms. The highest BCUT2D eigenvalue weighted by Crippen LogP contribution is 2.08. The molecule has 126 valence electrons. The molecule has 1 heterocycles. The Labute approximate surface area is 145 Å². The molecule has 0 radical (unpaired) electrons. The number of carbonyl (C=O) groups excluding carboxylic acids is 2. The SMILES string of the molecule is O=C(CNC(=O)c1cc(Cl)ccn1)NCCCOc1ccccc1. The average Bonchev–Trinajstić information content (AvgIpc) is 2.60. The summed E-state index contributed by atoms with van der Waals surface area (Å²) in [7, 11) is 0. The van der Waals surface area contributed by atoms with Crippen molar-refractivity contribution >= 4 is 23.4 Å². The molecule has 0 spiro atoms. The van der Waals surface area contributed by atoms with E-state index in [1.807, 2.05) is 30.3 Å². The minimum atomic E-state index is -0.444. The van der Waals surface area contributed by atoms with Crippen LogP contribution in [0.15, 0.2) is 48.7 Å². The lowest BCUT2D eigenvalue weighted by Crippen LogP contribution is -2.37. The first-order chi connectivity index (χ1) is 11.6. The Bertz CT molecular complexity index is 680. The van der Waals surface area contributed by atoms with Crippen molar-refractivity contribution in [2.45, 2.75) is 6.42 Å². The van der Waals surface area contributed by atoms with Crippen LogP contribution in [0.1, 0.15) is 16.9 Å². The molecule has 1 aromatic heterocycles. The standard InChI is InChI=1S/C17H18ClN3O3/c18-13-7-9-19-15(11-13)17(23)21-12-16(22)20-8-4-10-24-14-5-2-1-3-6-14/h1-3,5-7,9,11H,4,8,10,12H2,(H,20,22)(H,21,23). The summed E-state index contributed by atoms with van der Waals surface area (Å²) in [6.07, 6.45) is 2.11. The van der Waals surface area contributed by atoms with Crippen LogP contribution >= 0.6 is 11.6 Å². The second kappa shape index (κ2) is 9.52. The van der Waals surface area contributed by atoms with Crippen LogP contribution in [0, 0.1) is 0 Å². The van der Waals surface area contributed by atoms with Crippen LogP contribution in [0.4, 0.5) is 0 Å². The van der Waals surface area contributed by atoms with Crippen molar-refractivity contribution in [2.75, 3.05) is 19.7 Å². The van der Waals surface area contributed by atoms with E-state index in [9.17, 15) is 9.59 Å². The van der Waals surface area contributed by atoms with Crippen molar-refractivity contribution in [3.63, 3.8) is 0 Å². The van der Waals surface area contributed by atoms with Crippen LogP contribution in [0.3, 0.4) is 0 Å². The Balaban J connectivity index is 1.59. The summed E-state index contributed by atoms with van der Waals surface area (Å²) in [6, 6.07) is 12.5. The highest BCUT2D eigenvalue weighted by atomic mass is 35.5. The number of halogens is 1. The monoisotopic (exact) mass is 347 g/mol. The summed E-state index contributed by atoms with van der Waals surface area (Å²) in [4.78, 5) is 27.4. The van der Waals surface area contributed by atoms with E-state index in [-0.39, 0.29) is 18.1 Å². The van der Waals surface area contributed by atoms with E-state index in [4.69, 9.17) is 16.3 Å². The summed E-state index contributed by atoms with van der Waals surface area (Å²) >= 11 is 5.78. The number of nitrogens with zero attached hydrogens (tertiary/aromatic N) is 1. The number of hydrogen-bond donors (Lipinski definition) is 2. The summed E-state index contributed by atoms with van der Waals surface area (Å²) < 4.78 is 5.51. The molecule has 7 heteroatoms. The normalized spacial score (nSPS) is 10.0. The lowest BCUT2D eigenvalue weighted by atomic mass is 10.3. The molecule has 0 saturated heterocycles. The van der Waals surface area contributed by atoms with Crippen molar-refractivity contribution < 1.29 is 14.3 Å². The van der Waals surface area contributed by atoms with E-state index in [0.717, 1.165) is 5.75 Å². The van der Waals surface area contributed by atoms with Gasteiger partial charge in [0.2, 0.25) is 5.91 Å². The van der Waals surface area contributed by atoms with Gasteiger partial charge in [-0.05, 0) is 30.7 Å². The van der Waals surface area contributed by atoms with Gasteiger partial charge >= 0.3 is 0 Å². The number of nitrogens with one attached hydrogen (secondary N) is 2. The molecular weight excluding hydrogens is 330 g/mol. The second-order valence-corrected chi connectivity index (χ2v) is 5.34. The number of aromatic nitrogens is 1. The lowest BCUT2D eigenvalue weighted by Gasteiger charge is -2.08. The maximum Gasteiger partial charge on any atom is 0.270 e.